The molecule has 1 heterocycles. The largest absolute Gasteiger partial charge is 0.444 e. The lowest BCUT2D eigenvalue weighted by Crippen LogP contribution is -2.27. The maximum absolute atomic E-state index is 12.1. The molecule has 1 unspecified atom stereocenters. The molecule has 0 radical (unpaired) electrons. The Bertz CT molecular complexity index is 610. The Kier molecular flexibility index (Phi) is 3.76. The van der Waals surface area contributed by atoms with Crippen molar-refractivity contribution >= 4 is 23.2 Å². The summed E-state index contributed by atoms with van der Waals surface area (Å²) >= 11 is 5.97. The summed E-state index contributed by atoms with van der Waals surface area (Å²) in [6.45, 7) is 3.57. The minimum absolute atomic E-state index is 0.319. The molecular weight excluding hydrogens is 266 g/mol. The zero-order valence-electron chi connectivity index (χ0n) is 10.6. The molecule has 0 spiro atoms. The molecule has 0 aliphatic carbocycles. The molecule has 0 fully saturated rings. The smallest absolute Gasteiger partial charge is 0.253 e. The van der Waals surface area contributed by atoms with E-state index in [1.807, 2.05) is 0 Å². The Hall–Kier alpha value is -2.01. The van der Waals surface area contributed by atoms with Crippen LogP contribution in [0.4, 0.5) is 5.69 Å². The second-order valence-corrected chi connectivity index (χ2v) is 4.65. The monoisotopic (exact) mass is 279 g/mol. The number of aryl methyl sites for hydroxylation is 1. The SMILES string of the molecule is Cc1cnc(C(C)NC(=O)c2cc(N)ccc2Cl)o1. The van der Waals surface area contributed by atoms with Gasteiger partial charge in [0.2, 0.25) is 5.89 Å². The number of oxazole rings is 1. The third-order valence-corrected chi connectivity index (χ3v) is 2.92. The molecule has 1 atom stereocenters. The van der Waals surface area contributed by atoms with Crippen molar-refractivity contribution < 1.29 is 9.21 Å². The van der Waals surface area contributed by atoms with E-state index in [0.717, 1.165) is 0 Å². The fraction of sp³-hybridized carbons (Fsp3) is 0.231. The predicted molar refractivity (Wildman–Crippen MR) is 73.0 cm³/mol. The number of halogens is 1. The van der Waals surface area contributed by atoms with Crippen molar-refractivity contribution in [1.29, 1.82) is 0 Å². The Morgan fingerprint density at radius 1 is 1.53 bits per heavy atom. The van der Waals surface area contributed by atoms with Gasteiger partial charge in [0.1, 0.15) is 11.8 Å². The number of benzene rings is 1. The number of hydrogen-bond acceptors (Lipinski definition) is 4. The van der Waals surface area contributed by atoms with Crippen molar-refractivity contribution in [2.24, 2.45) is 0 Å². The molecule has 0 aliphatic heterocycles. The number of aromatic nitrogens is 1. The molecule has 1 aromatic carbocycles. The van der Waals surface area contributed by atoms with Gasteiger partial charge >= 0.3 is 0 Å². The highest BCUT2D eigenvalue weighted by Gasteiger charge is 2.17. The number of carbonyl (C=O) groups is 1. The van der Waals surface area contributed by atoms with Gasteiger partial charge in [0.15, 0.2) is 0 Å². The molecule has 0 aliphatic rings. The summed E-state index contributed by atoms with van der Waals surface area (Å²) in [6, 6.07) is 4.41. The zero-order chi connectivity index (χ0) is 14.0. The molecule has 19 heavy (non-hydrogen) atoms. The summed E-state index contributed by atoms with van der Waals surface area (Å²) in [4.78, 5) is 16.2. The van der Waals surface area contributed by atoms with Crippen LogP contribution in [-0.4, -0.2) is 10.9 Å². The number of carbonyl (C=O) groups excluding carboxylic acids is 1. The fourth-order valence-electron chi connectivity index (χ4n) is 1.63. The molecule has 6 heteroatoms. The molecule has 2 aromatic rings. The number of nitrogens with two attached hydrogens (primary N) is 1. The molecule has 5 nitrogen and oxygen atoms in total. The van der Waals surface area contributed by atoms with E-state index in [4.69, 9.17) is 21.8 Å². The van der Waals surface area contributed by atoms with E-state index in [0.29, 0.717) is 27.9 Å². The van der Waals surface area contributed by atoms with E-state index in [2.05, 4.69) is 10.3 Å². The summed E-state index contributed by atoms with van der Waals surface area (Å²) < 4.78 is 5.35. The first-order valence-corrected chi connectivity index (χ1v) is 6.13. The summed E-state index contributed by atoms with van der Waals surface area (Å²) in [5, 5.41) is 3.11. The van der Waals surface area contributed by atoms with Crippen molar-refractivity contribution in [2.75, 3.05) is 5.73 Å². The van der Waals surface area contributed by atoms with E-state index in [1.54, 1.807) is 32.2 Å². The number of rotatable bonds is 3. The van der Waals surface area contributed by atoms with Crippen LogP contribution in [0.2, 0.25) is 5.02 Å². The van der Waals surface area contributed by atoms with Crippen molar-refractivity contribution in [2.45, 2.75) is 19.9 Å². The second-order valence-electron chi connectivity index (χ2n) is 4.24. The highest BCUT2D eigenvalue weighted by molar-refractivity contribution is 6.34. The van der Waals surface area contributed by atoms with E-state index in [-0.39, 0.29) is 11.9 Å². The van der Waals surface area contributed by atoms with E-state index in [9.17, 15) is 4.79 Å². The molecule has 2 rings (SSSR count). The predicted octanol–water partition coefficient (Wildman–Crippen LogP) is 2.71. The summed E-state index contributed by atoms with van der Waals surface area (Å²) in [7, 11) is 0. The first kappa shape index (κ1) is 13.4. The van der Waals surface area contributed by atoms with Gasteiger partial charge < -0.3 is 15.5 Å². The van der Waals surface area contributed by atoms with Crippen LogP contribution >= 0.6 is 11.6 Å². The molecule has 0 saturated heterocycles. The lowest BCUT2D eigenvalue weighted by atomic mass is 10.1. The van der Waals surface area contributed by atoms with Crippen LogP contribution in [0.5, 0.6) is 0 Å². The van der Waals surface area contributed by atoms with Gasteiger partial charge in [-0.3, -0.25) is 4.79 Å². The van der Waals surface area contributed by atoms with Gasteiger partial charge in [-0.2, -0.15) is 0 Å². The number of nitrogens with one attached hydrogen (secondary N) is 1. The molecule has 1 amide bonds. The first-order chi connectivity index (χ1) is 8.97. The molecule has 100 valence electrons. The number of nitrogens with zero attached hydrogens (tertiary/aromatic N) is 1. The van der Waals surface area contributed by atoms with Crippen LogP contribution in [0.25, 0.3) is 0 Å². The third kappa shape index (κ3) is 3.06. The highest BCUT2D eigenvalue weighted by atomic mass is 35.5. The van der Waals surface area contributed by atoms with Crippen LogP contribution in [0, 0.1) is 6.92 Å². The highest BCUT2D eigenvalue weighted by Crippen LogP contribution is 2.20. The topological polar surface area (TPSA) is 81.2 Å². The van der Waals surface area contributed by atoms with Crippen molar-refractivity contribution in [1.82, 2.24) is 10.3 Å². The van der Waals surface area contributed by atoms with Gasteiger partial charge in [-0.05, 0) is 32.0 Å². The maximum atomic E-state index is 12.1. The van der Waals surface area contributed by atoms with Crippen LogP contribution in [-0.2, 0) is 0 Å². The minimum atomic E-state index is -0.348. The van der Waals surface area contributed by atoms with E-state index in [1.165, 1.54) is 6.07 Å². The van der Waals surface area contributed by atoms with Gasteiger partial charge in [-0.15, -0.1) is 0 Å². The summed E-state index contributed by atoms with van der Waals surface area (Å²) in [5.74, 6) is 0.824. The average Bonchev–Trinajstić information content (AvgIpc) is 2.79. The number of hydrogen-bond donors (Lipinski definition) is 2. The Labute approximate surface area is 115 Å². The number of nitrogen functional groups attached to an aromatic ring is 1. The lowest BCUT2D eigenvalue weighted by molar-refractivity contribution is 0.0934. The van der Waals surface area contributed by atoms with Crippen LogP contribution in [0.1, 0.15) is 35.0 Å². The van der Waals surface area contributed by atoms with Crippen molar-refractivity contribution in [3.63, 3.8) is 0 Å². The molecule has 1 aromatic heterocycles. The Morgan fingerprint density at radius 2 is 2.26 bits per heavy atom. The Balaban J connectivity index is 2.15. The molecule has 3 N–H and O–H groups in total. The summed E-state index contributed by atoms with van der Waals surface area (Å²) in [5.41, 5.74) is 6.45. The van der Waals surface area contributed by atoms with Crippen LogP contribution in [0.15, 0.2) is 28.8 Å². The van der Waals surface area contributed by atoms with Crippen molar-refractivity contribution in [3.8, 4) is 0 Å². The lowest BCUT2D eigenvalue weighted by Gasteiger charge is -2.11. The van der Waals surface area contributed by atoms with Gasteiger partial charge in [0.05, 0.1) is 16.8 Å². The van der Waals surface area contributed by atoms with Crippen LogP contribution < -0.4 is 11.1 Å². The van der Waals surface area contributed by atoms with Crippen LogP contribution in [0.3, 0.4) is 0 Å². The average molecular weight is 280 g/mol. The van der Waals surface area contributed by atoms with E-state index < -0.39 is 0 Å². The van der Waals surface area contributed by atoms with E-state index >= 15 is 0 Å². The number of amides is 1. The first-order valence-electron chi connectivity index (χ1n) is 5.75. The number of anilines is 1. The third-order valence-electron chi connectivity index (χ3n) is 2.59. The van der Waals surface area contributed by atoms with Gasteiger partial charge in [-0.25, -0.2) is 4.98 Å². The molecule has 0 bridgehead atoms. The maximum Gasteiger partial charge on any atom is 0.253 e. The van der Waals surface area contributed by atoms with Crippen molar-refractivity contribution in [3.05, 3.63) is 46.6 Å². The van der Waals surface area contributed by atoms with Gasteiger partial charge in [-0.1, -0.05) is 11.6 Å². The normalized spacial score (nSPS) is 12.2. The standard InChI is InChI=1S/C13H14ClN3O2/c1-7-6-16-13(19-7)8(2)17-12(18)10-5-9(15)3-4-11(10)14/h3-6,8H,15H2,1-2H3,(H,17,18). The quantitative estimate of drug-likeness (QED) is 0.847. The Morgan fingerprint density at radius 3 is 2.89 bits per heavy atom. The van der Waals surface area contributed by atoms with Gasteiger partial charge in [0, 0.05) is 5.69 Å². The zero-order valence-corrected chi connectivity index (χ0v) is 11.4. The molecule has 0 saturated carbocycles. The molecular formula is C13H14ClN3O2. The second kappa shape index (κ2) is 5.32. The fourth-order valence-corrected chi connectivity index (χ4v) is 1.83. The summed E-state index contributed by atoms with van der Waals surface area (Å²) in [6.07, 6.45) is 1.60. The van der Waals surface area contributed by atoms with Gasteiger partial charge in [0.25, 0.3) is 5.91 Å². The minimum Gasteiger partial charge on any atom is -0.444 e.